The third kappa shape index (κ3) is 2.93. The Morgan fingerprint density at radius 2 is 2.17 bits per heavy atom. The zero-order valence-electron chi connectivity index (χ0n) is 10.8. The Labute approximate surface area is 116 Å². The molecule has 0 heterocycles. The van der Waals surface area contributed by atoms with Gasteiger partial charge in [0.25, 0.3) is 5.91 Å². The Bertz CT molecular complexity index is 451. The van der Waals surface area contributed by atoms with Gasteiger partial charge in [-0.3, -0.25) is 4.79 Å². The smallest absolute Gasteiger partial charge is 0.251 e. The number of benzene rings is 1. The lowest BCUT2D eigenvalue weighted by molar-refractivity contribution is 0.0897. The number of nitrogens with one attached hydrogen (secondary N) is 1. The number of rotatable bonds is 4. The van der Waals surface area contributed by atoms with Crippen molar-refractivity contribution in [1.29, 1.82) is 0 Å². The SMILES string of the molecule is Cc1cc(Br)cc(C(=O)NC(C)(CN)C2CC2)c1. The second-order valence-corrected chi connectivity index (χ2v) is 6.28. The first-order valence-electron chi connectivity index (χ1n) is 6.24. The molecule has 98 valence electrons. The van der Waals surface area contributed by atoms with Crippen LogP contribution in [0.15, 0.2) is 22.7 Å². The molecule has 1 aromatic carbocycles. The van der Waals surface area contributed by atoms with E-state index in [0.29, 0.717) is 18.0 Å². The lowest BCUT2D eigenvalue weighted by atomic mass is 9.95. The number of aryl methyl sites for hydroxylation is 1. The molecule has 0 bridgehead atoms. The number of amides is 1. The van der Waals surface area contributed by atoms with Crippen LogP contribution in [-0.4, -0.2) is 18.0 Å². The van der Waals surface area contributed by atoms with Crippen LogP contribution in [0, 0.1) is 12.8 Å². The molecule has 1 aliphatic carbocycles. The van der Waals surface area contributed by atoms with Crippen molar-refractivity contribution >= 4 is 21.8 Å². The monoisotopic (exact) mass is 310 g/mol. The van der Waals surface area contributed by atoms with Crippen LogP contribution in [0.5, 0.6) is 0 Å². The highest BCUT2D eigenvalue weighted by Crippen LogP contribution is 2.39. The summed E-state index contributed by atoms with van der Waals surface area (Å²) in [6, 6.07) is 5.72. The number of hydrogen-bond acceptors (Lipinski definition) is 2. The van der Waals surface area contributed by atoms with Crippen LogP contribution in [0.2, 0.25) is 0 Å². The molecule has 0 aromatic heterocycles. The molecule has 0 spiro atoms. The van der Waals surface area contributed by atoms with Gasteiger partial charge in [0.2, 0.25) is 0 Å². The van der Waals surface area contributed by atoms with E-state index in [-0.39, 0.29) is 11.4 Å². The third-order valence-corrected chi connectivity index (χ3v) is 4.06. The van der Waals surface area contributed by atoms with Crippen molar-refractivity contribution in [2.24, 2.45) is 11.7 Å². The summed E-state index contributed by atoms with van der Waals surface area (Å²) in [5, 5.41) is 3.09. The van der Waals surface area contributed by atoms with E-state index in [4.69, 9.17) is 5.73 Å². The molecule has 4 heteroatoms. The zero-order chi connectivity index (χ0) is 13.3. The van der Waals surface area contributed by atoms with Crippen molar-refractivity contribution in [3.63, 3.8) is 0 Å². The lowest BCUT2D eigenvalue weighted by Gasteiger charge is -2.29. The summed E-state index contributed by atoms with van der Waals surface area (Å²) in [6.07, 6.45) is 2.32. The van der Waals surface area contributed by atoms with E-state index in [1.807, 2.05) is 32.0 Å². The normalized spacial score (nSPS) is 18.2. The molecule has 3 N–H and O–H groups in total. The first kappa shape index (κ1) is 13.6. The molecule has 18 heavy (non-hydrogen) atoms. The molecule has 1 amide bonds. The maximum Gasteiger partial charge on any atom is 0.251 e. The van der Waals surface area contributed by atoms with Gasteiger partial charge >= 0.3 is 0 Å². The standard InChI is InChI=1S/C14H19BrN2O/c1-9-5-10(7-12(15)6-9)13(18)17-14(2,8-16)11-3-4-11/h5-7,11H,3-4,8,16H2,1-2H3,(H,17,18). The van der Waals surface area contributed by atoms with Crippen LogP contribution in [0.3, 0.4) is 0 Å². The number of carbonyl (C=O) groups excluding carboxylic acids is 1. The minimum Gasteiger partial charge on any atom is -0.345 e. The van der Waals surface area contributed by atoms with E-state index in [9.17, 15) is 4.79 Å². The van der Waals surface area contributed by atoms with Gasteiger partial charge in [-0.05, 0) is 56.4 Å². The second kappa shape index (κ2) is 5.02. The summed E-state index contributed by atoms with van der Waals surface area (Å²) >= 11 is 3.41. The summed E-state index contributed by atoms with van der Waals surface area (Å²) in [5.74, 6) is 0.485. The van der Waals surface area contributed by atoms with Gasteiger partial charge in [-0.25, -0.2) is 0 Å². The van der Waals surface area contributed by atoms with Gasteiger partial charge in [-0.1, -0.05) is 15.9 Å². The summed E-state index contributed by atoms with van der Waals surface area (Å²) in [4.78, 5) is 12.3. The molecule has 1 saturated carbocycles. The number of nitrogens with two attached hydrogens (primary N) is 1. The van der Waals surface area contributed by atoms with Crippen LogP contribution in [0.25, 0.3) is 0 Å². The van der Waals surface area contributed by atoms with Gasteiger partial charge in [-0.15, -0.1) is 0 Å². The number of hydrogen-bond donors (Lipinski definition) is 2. The summed E-state index contributed by atoms with van der Waals surface area (Å²) in [6.45, 7) is 4.49. The highest BCUT2D eigenvalue weighted by atomic mass is 79.9. The fraction of sp³-hybridized carbons (Fsp3) is 0.500. The minimum atomic E-state index is -0.271. The molecule has 3 nitrogen and oxygen atoms in total. The van der Waals surface area contributed by atoms with E-state index in [0.717, 1.165) is 22.9 Å². The molecule has 0 saturated heterocycles. The predicted molar refractivity (Wildman–Crippen MR) is 76.5 cm³/mol. The molecule has 2 rings (SSSR count). The van der Waals surface area contributed by atoms with Crippen molar-refractivity contribution < 1.29 is 4.79 Å². The van der Waals surface area contributed by atoms with Crippen molar-refractivity contribution in [3.8, 4) is 0 Å². The van der Waals surface area contributed by atoms with E-state index in [2.05, 4.69) is 21.2 Å². The summed E-state index contributed by atoms with van der Waals surface area (Å²) < 4.78 is 0.925. The predicted octanol–water partition coefficient (Wildman–Crippen LogP) is 2.61. The Hall–Kier alpha value is -0.870. The van der Waals surface area contributed by atoms with Crippen LogP contribution in [0.4, 0.5) is 0 Å². The maximum absolute atomic E-state index is 12.3. The molecule has 0 aliphatic heterocycles. The van der Waals surface area contributed by atoms with E-state index in [1.54, 1.807) is 0 Å². The Morgan fingerprint density at radius 1 is 1.50 bits per heavy atom. The Kier molecular flexibility index (Phi) is 3.78. The molecule has 1 aromatic rings. The van der Waals surface area contributed by atoms with E-state index < -0.39 is 0 Å². The highest BCUT2D eigenvalue weighted by Gasteiger charge is 2.41. The summed E-state index contributed by atoms with van der Waals surface area (Å²) in [5.41, 5.74) is 7.29. The average molecular weight is 311 g/mol. The fourth-order valence-electron chi connectivity index (χ4n) is 2.24. The van der Waals surface area contributed by atoms with Gasteiger partial charge < -0.3 is 11.1 Å². The number of halogens is 1. The molecule has 1 unspecified atom stereocenters. The summed E-state index contributed by atoms with van der Waals surface area (Å²) in [7, 11) is 0. The van der Waals surface area contributed by atoms with Crippen LogP contribution in [0.1, 0.15) is 35.7 Å². The van der Waals surface area contributed by atoms with E-state index in [1.165, 1.54) is 0 Å². The molecular formula is C14H19BrN2O. The van der Waals surface area contributed by atoms with E-state index >= 15 is 0 Å². The topological polar surface area (TPSA) is 55.1 Å². The van der Waals surface area contributed by atoms with Crippen molar-refractivity contribution in [1.82, 2.24) is 5.32 Å². The first-order chi connectivity index (χ1) is 8.44. The third-order valence-electron chi connectivity index (χ3n) is 3.61. The Balaban J connectivity index is 2.16. The molecule has 1 atom stereocenters. The van der Waals surface area contributed by atoms with Crippen LogP contribution >= 0.6 is 15.9 Å². The molecule has 0 radical (unpaired) electrons. The number of carbonyl (C=O) groups is 1. The van der Waals surface area contributed by atoms with Crippen molar-refractivity contribution in [3.05, 3.63) is 33.8 Å². The average Bonchev–Trinajstić information content (AvgIpc) is 3.11. The first-order valence-corrected chi connectivity index (χ1v) is 7.04. The van der Waals surface area contributed by atoms with Crippen LogP contribution in [-0.2, 0) is 0 Å². The zero-order valence-corrected chi connectivity index (χ0v) is 12.4. The van der Waals surface area contributed by atoms with Crippen molar-refractivity contribution in [2.75, 3.05) is 6.54 Å². The fourth-order valence-corrected chi connectivity index (χ4v) is 2.85. The van der Waals surface area contributed by atoms with Crippen molar-refractivity contribution in [2.45, 2.75) is 32.2 Å². The van der Waals surface area contributed by atoms with Crippen LogP contribution < -0.4 is 11.1 Å². The van der Waals surface area contributed by atoms with Gasteiger partial charge in [0.05, 0.1) is 5.54 Å². The van der Waals surface area contributed by atoms with Gasteiger partial charge in [0.15, 0.2) is 0 Å². The Morgan fingerprint density at radius 3 is 2.67 bits per heavy atom. The lowest BCUT2D eigenvalue weighted by Crippen LogP contribution is -2.53. The van der Waals surface area contributed by atoms with Gasteiger partial charge in [0, 0.05) is 16.6 Å². The van der Waals surface area contributed by atoms with Gasteiger partial charge in [-0.2, -0.15) is 0 Å². The van der Waals surface area contributed by atoms with Gasteiger partial charge in [0.1, 0.15) is 0 Å². The second-order valence-electron chi connectivity index (χ2n) is 5.37. The molecule has 1 aliphatic rings. The highest BCUT2D eigenvalue weighted by molar-refractivity contribution is 9.10. The largest absolute Gasteiger partial charge is 0.345 e. The molecule has 1 fully saturated rings. The molecular weight excluding hydrogens is 292 g/mol. The quantitative estimate of drug-likeness (QED) is 0.898. The minimum absolute atomic E-state index is 0.0424. The maximum atomic E-state index is 12.3.